The van der Waals surface area contributed by atoms with Gasteiger partial charge in [0.2, 0.25) is 5.91 Å². The first-order chi connectivity index (χ1) is 10.1. The highest BCUT2D eigenvalue weighted by Crippen LogP contribution is 2.24. The van der Waals surface area contributed by atoms with E-state index in [1.54, 1.807) is 7.05 Å². The van der Waals surface area contributed by atoms with Crippen molar-refractivity contribution in [3.8, 4) is 0 Å². The zero-order chi connectivity index (χ0) is 15.2. The van der Waals surface area contributed by atoms with E-state index in [1.807, 2.05) is 31.2 Å². The van der Waals surface area contributed by atoms with E-state index in [0.717, 1.165) is 36.9 Å². The number of urea groups is 1. The number of benzene rings is 1. The van der Waals surface area contributed by atoms with E-state index in [1.165, 1.54) is 0 Å². The predicted molar refractivity (Wildman–Crippen MR) is 83.1 cm³/mol. The Morgan fingerprint density at radius 2 is 1.67 bits per heavy atom. The molecule has 1 aliphatic carbocycles. The van der Waals surface area contributed by atoms with Crippen LogP contribution < -0.4 is 16.0 Å². The first-order valence-corrected chi connectivity index (χ1v) is 7.44. The fourth-order valence-electron chi connectivity index (χ4n) is 2.69. The van der Waals surface area contributed by atoms with Gasteiger partial charge in [0.25, 0.3) is 0 Å². The van der Waals surface area contributed by atoms with Gasteiger partial charge in [-0.1, -0.05) is 17.7 Å². The second kappa shape index (κ2) is 7.11. The Labute approximate surface area is 125 Å². The molecule has 0 saturated heterocycles. The van der Waals surface area contributed by atoms with E-state index in [-0.39, 0.29) is 23.9 Å². The smallest absolute Gasteiger partial charge is 0.319 e. The van der Waals surface area contributed by atoms with Crippen LogP contribution in [0.3, 0.4) is 0 Å². The lowest BCUT2D eigenvalue weighted by Gasteiger charge is -2.28. The van der Waals surface area contributed by atoms with Crippen LogP contribution >= 0.6 is 0 Å². The number of rotatable bonds is 3. The third-order valence-electron chi connectivity index (χ3n) is 3.99. The molecule has 0 atom stereocenters. The second-order valence-electron chi connectivity index (χ2n) is 5.63. The van der Waals surface area contributed by atoms with Gasteiger partial charge in [0.1, 0.15) is 0 Å². The zero-order valence-corrected chi connectivity index (χ0v) is 12.6. The lowest BCUT2D eigenvalue weighted by Crippen LogP contribution is -2.42. The molecule has 0 spiro atoms. The third-order valence-corrected chi connectivity index (χ3v) is 3.99. The molecular formula is C16H23N3O2. The maximum Gasteiger partial charge on any atom is 0.319 e. The fourth-order valence-corrected chi connectivity index (χ4v) is 2.69. The van der Waals surface area contributed by atoms with Gasteiger partial charge in [-0.25, -0.2) is 4.79 Å². The van der Waals surface area contributed by atoms with Crippen molar-refractivity contribution in [2.24, 2.45) is 5.92 Å². The zero-order valence-electron chi connectivity index (χ0n) is 12.6. The van der Waals surface area contributed by atoms with Crippen LogP contribution in [0.15, 0.2) is 24.3 Å². The molecule has 3 N–H and O–H groups in total. The number of carbonyl (C=O) groups excluding carboxylic acids is 2. The molecule has 5 nitrogen and oxygen atoms in total. The van der Waals surface area contributed by atoms with E-state index in [4.69, 9.17) is 0 Å². The molecule has 0 aromatic heterocycles. The normalized spacial score (nSPS) is 21.4. The lowest BCUT2D eigenvalue weighted by molar-refractivity contribution is -0.125. The average Bonchev–Trinajstić information content (AvgIpc) is 2.49. The summed E-state index contributed by atoms with van der Waals surface area (Å²) in [5.41, 5.74) is 1.95. The van der Waals surface area contributed by atoms with Crippen LogP contribution in [-0.4, -0.2) is 25.0 Å². The highest BCUT2D eigenvalue weighted by molar-refractivity contribution is 5.89. The Morgan fingerprint density at radius 1 is 1.05 bits per heavy atom. The van der Waals surface area contributed by atoms with E-state index in [2.05, 4.69) is 16.0 Å². The van der Waals surface area contributed by atoms with Crippen LogP contribution in [0.4, 0.5) is 10.5 Å². The largest absolute Gasteiger partial charge is 0.359 e. The predicted octanol–water partition coefficient (Wildman–Crippen LogP) is 2.42. The molecule has 5 heteroatoms. The molecular weight excluding hydrogens is 266 g/mol. The summed E-state index contributed by atoms with van der Waals surface area (Å²) in [5, 5.41) is 8.50. The van der Waals surface area contributed by atoms with Crippen LogP contribution in [0, 0.1) is 12.8 Å². The van der Waals surface area contributed by atoms with Crippen LogP contribution in [0.25, 0.3) is 0 Å². The van der Waals surface area contributed by atoms with Crippen molar-refractivity contribution in [2.45, 2.75) is 38.6 Å². The Kier molecular flexibility index (Phi) is 5.20. The Bertz CT molecular complexity index is 491. The summed E-state index contributed by atoms with van der Waals surface area (Å²) in [6.45, 7) is 2.01. The second-order valence-corrected chi connectivity index (χ2v) is 5.63. The summed E-state index contributed by atoms with van der Waals surface area (Å²) >= 11 is 0. The van der Waals surface area contributed by atoms with Gasteiger partial charge in [0, 0.05) is 24.7 Å². The van der Waals surface area contributed by atoms with Crippen molar-refractivity contribution in [3.63, 3.8) is 0 Å². The first-order valence-electron chi connectivity index (χ1n) is 7.44. The quantitative estimate of drug-likeness (QED) is 0.799. The number of amides is 3. The van der Waals surface area contributed by atoms with Gasteiger partial charge in [0.05, 0.1) is 0 Å². The van der Waals surface area contributed by atoms with E-state index in [0.29, 0.717) is 0 Å². The fraction of sp³-hybridized carbons (Fsp3) is 0.500. The Hall–Kier alpha value is -2.04. The molecule has 21 heavy (non-hydrogen) atoms. The molecule has 1 aromatic carbocycles. The highest BCUT2D eigenvalue weighted by Gasteiger charge is 2.26. The van der Waals surface area contributed by atoms with Crippen LogP contribution in [0.1, 0.15) is 31.2 Å². The van der Waals surface area contributed by atoms with Crippen molar-refractivity contribution in [1.82, 2.24) is 10.6 Å². The molecule has 0 heterocycles. The van der Waals surface area contributed by atoms with Crippen molar-refractivity contribution in [3.05, 3.63) is 29.8 Å². The summed E-state index contributed by atoms with van der Waals surface area (Å²) < 4.78 is 0. The third kappa shape index (κ3) is 4.48. The minimum absolute atomic E-state index is 0.0909. The van der Waals surface area contributed by atoms with Crippen molar-refractivity contribution >= 4 is 17.6 Å². The topological polar surface area (TPSA) is 70.2 Å². The molecule has 2 rings (SSSR count). The summed E-state index contributed by atoms with van der Waals surface area (Å²) in [5.74, 6) is 0.200. The molecule has 1 aliphatic rings. The molecule has 1 fully saturated rings. The van der Waals surface area contributed by atoms with Gasteiger partial charge in [-0.3, -0.25) is 4.79 Å². The number of aryl methyl sites for hydroxylation is 1. The van der Waals surface area contributed by atoms with E-state index >= 15 is 0 Å². The molecule has 1 saturated carbocycles. The number of anilines is 1. The summed E-state index contributed by atoms with van der Waals surface area (Å²) in [7, 11) is 1.67. The minimum atomic E-state index is -0.178. The maximum absolute atomic E-state index is 11.9. The van der Waals surface area contributed by atoms with Crippen LogP contribution in [0.5, 0.6) is 0 Å². The number of carbonyl (C=O) groups is 2. The number of hydrogen-bond donors (Lipinski definition) is 3. The first kappa shape index (κ1) is 15.4. The Balaban J connectivity index is 1.76. The standard InChI is InChI=1S/C16H23N3O2/c1-11-3-7-13(8-4-11)18-16(21)19-14-9-5-12(6-10-14)15(20)17-2/h3-4,7-8,12,14H,5-6,9-10H2,1-2H3,(H,17,20)(H2,18,19,21). The summed E-state index contributed by atoms with van der Waals surface area (Å²) in [6, 6.07) is 7.67. The SMILES string of the molecule is CNC(=O)C1CCC(NC(=O)Nc2ccc(C)cc2)CC1. The molecule has 0 radical (unpaired) electrons. The summed E-state index contributed by atoms with van der Waals surface area (Å²) in [6.07, 6.45) is 3.35. The number of nitrogens with one attached hydrogen (secondary N) is 3. The van der Waals surface area contributed by atoms with Gasteiger partial charge in [-0.05, 0) is 44.7 Å². The summed E-state index contributed by atoms with van der Waals surface area (Å²) in [4.78, 5) is 23.5. The molecule has 0 aliphatic heterocycles. The van der Waals surface area contributed by atoms with Crippen molar-refractivity contribution in [1.29, 1.82) is 0 Å². The van der Waals surface area contributed by atoms with Crippen LogP contribution in [-0.2, 0) is 4.79 Å². The number of hydrogen-bond acceptors (Lipinski definition) is 2. The van der Waals surface area contributed by atoms with Crippen molar-refractivity contribution < 1.29 is 9.59 Å². The lowest BCUT2D eigenvalue weighted by atomic mass is 9.85. The van der Waals surface area contributed by atoms with E-state index < -0.39 is 0 Å². The average molecular weight is 289 g/mol. The molecule has 0 bridgehead atoms. The molecule has 1 aromatic rings. The van der Waals surface area contributed by atoms with E-state index in [9.17, 15) is 9.59 Å². The van der Waals surface area contributed by atoms with Gasteiger partial charge >= 0.3 is 6.03 Å². The monoisotopic (exact) mass is 289 g/mol. The highest BCUT2D eigenvalue weighted by atomic mass is 16.2. The van der Waals surface area contributed by atoms with Gasteiger partial charge in [-0.2, -0.15) is 0 Å². The molecule has 3 amide bonds. The van der Waals surface area contributed by atoms with Crippen molar-refractivity contribution in [2.75, 3.05) is 12.4 Å². The minimum Gasteiger partial charge on any atom is -0.359 e. The van der Waals surface area contributed by atoms with Gasteiger partial charge < -0.3 is 16.0 Å². The van der Waals surface area contributed by atoms with Gasteiger partial charge in [-0.15, -0.1) is 0 Å². The Morgan fingerprint density at radius 3 is 2.24 bits per heavy atom. The molecule has 114 valence electrons. The van der Waals surface area contributed by atoms with Crippen LogP contribution in [0.2, 0.25) is 0 Å². The van der Waals surface area contributed by atoms with Gasteiger partial charge in [0.15, 0.2) is 0 Å². The molecule has 0 unspecified atom stereocenters. The maximum atomic E-state index is 11.9.